The Hall–Kier alpha value is -0.0800. The number of hydrogen-bond donors (Lipinski definition) is 1. The maximum atomic E-state index is 3.52. The predicted molar refractivity (Wildman–Crippen MR) is 74.0 cm³/mol. The van der Waals surface area contributed by atoms with Crippen LogP contribution in [0.5, 0.6) is 0 Å². The van der Waals surface area contributed by atoms with Crippen LogP contribution in [0.1, 0.15) is 52.9 Å². The van der Waals surface area contributed by atoms with Crippen LogP contribution in [0.25, 0.3) is 0 Å². The number of hydrogen-bond acceptors (Lipinski definition) is 2. The van der Waals surface area contributed by atoms with Gasteiger partial charge in [-0.3, -0.25) is 0 Å². The molecule has 0 unspecified atom stereocenters. The monoisotopic (exact) mass is 228 g/mol. The molecule has 0 bridgehead atoms. The second-order valence-electron chi connectivity index (χ2n) is 5.30. The molecule has 0 aliphatic heterocycles. The molecular formula is C14H32N2. The number of unbranched alkanes of at least 4 members (excludes halogenated alkanes) is 2. The van der Waals surface area contributed by atoms with Crippen LogP contribution in [0.2, 0.25) is 0 Å². The van der Waals surface area contributed by atoms with Crippen molar-refractivity contribution < 1.29 is 0 Å². The van der Waals surface area contributed by atoms with Crippen molar-refractivity contribution in [3.8, 4) is 0 Å². The third-order valence-electron chi connectivity index (χ3n) is 2.95. The predicted octanol–water partition coefficient (Wildman–Crippen LogP) is 3.13. The highest BCUT2D eigenvalue weighted by molar-refractivity contribution is 4.56. The summed E-state index contributed by atoms with van der Waals surface area (Å²) in [5, 5.41) is 3.52. The molecule has 0 amide bonds. The molecule has 0 aromatic heterocycles. The van der Waals surface area contributed by atoms with Gasteiger partial charge in [0.25, 0.3) is 0 Å². The minimum Gasteiger partial charge on any atom is -0.315 e. The zero-order valence-corrected chi connectivity index (χ0v) is 11.9. The van der Waals surface area contributed by atoms with E-state index in [0.29, 0.717) is 0 Å². The molecule has 0 saturated carbocycles. The first-order chi connectivity index (χ1) is 7.66. The summed E-state index contributed by atoms with van der Waals surface area (Å²) in [5.41, 5.74) is 0. The first kappa shape index (κ1) is 15.9. The van der Waals surface area contributed by atoms with E-state index in [4.69, 9.17) is 0 Å². The van der Waals surface area contributed by atoms with Gasteiger partial charge in [0.05, 0.1) is 0 Å². The van der Waals surface area contributed by atoms with E-state index in [1.807, 2.05) is 0 Å². The lowest BCUT2D eigenvalue weighted by molar-refractivity contribution is 0.322. The van der Waals surface area contributed by atoms with Gasteiger partial charge in [-0.05, 0) is 45.3 Å². The van der Waals surface area contributed by atoms with Crippen LogP contribution in [0, 0.1) is 5.92 Å². The van der Waals surface area contributed by atoms with Gasteiger partial charge in [-0.2, -0.15) is 0 Å². The van der Waals surface area contributed by atoms with Crippen molar-refractivity contribution in [1.29, 1.82) is 0 Å². The van der Waals surface area contributed by atoms with E-state index < -0.39 is 0 Å². The molecule has 1 N–H and O–H groups in total. The van der Waals surface area contributed by atoms with E-state index in [-0.39, 0.29) is 0 Å². The zero-order valence-electron chi connectivity index (χ0n) is 11.9. The number of likely N-dealkylation sites (N-methyl/N-ethyl adjacent to an activating group) is 1. The van der Waals surface area contributed by atoms with Gasteiger partial charge in [0.2, 0.25) is 0 Å². The molecule has 16 heavy (non-hydrogen) atoms. The zero-order chi connectivity index (χ0) is 12.2. The lowest BCUT2D eigenvalue weighted by Crippen LogP contribution is -2.30. The SMILES string of the molecule is CCCCCN(C)CCNCCCC(C)C. The van der Waals surface area contributed by atoms with E-state index in [2.05, 4.69) is 38.0 Å². The maximum absolute atomic E-state index is 3.52. The smallest absolute Gasteiger partial charge is 0.0104 e. The Morgan fingerprint density at radius 1 is 1.00 bits per heavy atom. The van der Waals surface area contributed by atoms with Crippen molar-refractivity contribution in [3.05, 3.63) is 0 Å². The maximum Gasteiger partial charge on any atom is 0.0104 e. The van der Waals surface area contributed by atoms with Gasteiger partial charge in [-0.1, -0.05) is 33.6 Å². The van der Waals surface area contributed by atoms with Gasteiger partial charge in [0, 0.05) is 13.1 Å². The summed E-state index contributed by atoms with van der Waals surface area (Å²) in [7, 11) is 2.23. The van der Waals surface area contributed by atoms with Crippen molar-refractivity contribution in [3.63, 3.8) is 0 Å². The van der Waals surface area contributed by atoms with E-state index in [9.17, 15) is 0 Å². The molecule has 0 aliphatic rings. The second-order valence-corrected chi connectivity index (χ2v) is 5.30. The third kappa shape index (κ3) is 12.0. The van der Waals surface area contributed by atoms with Gasteiger partial charge in [0.1, 0.15) is 0 Å². The molecule has 0 atom stereocenters. The van der Waals surface area contributed by atoms with Crippen LogP contribution in [0.4, 0.5) is 0 Å². The fourth-order valence-electron chi connectivity index (χ4n) is 1.77. The van der Waals surface area contributed by atoms with Crippen molar-refractivity contribution >= 4 is 0 Å². The van der Waals surface area contributed by atoms with Gasteiger partial charge in [-0.15, -0.1) is 0 Å². The first-order valence-electron chi connectivity index (χ1n) is 7.06. The molecule has 0 aliphatic carbocycles. The molecule has 0 fully saturated rings. The van der Waals surface area contributed by atoms with Crippen molar-refractivity contribution in [2.45, 2.75) is 52.9 Å². The van der Waals surface area contributed by atoms with Crippen LogP contribution >= 0.6 is 0 Å². The average molecular weight is 228 g/mol. The molecule has 0 aromatic carbocycles. The summed E-state index contributed by atoms with van der Waals surface area (Å²) in [4.78, 5) is 2.44. The van der Waals surface area contributed by atoms with Crippen LogP contribution < -0.4 is 5.32 Å². The fourth-order valence-corrected chi connectivity index (χ4v) is 1.77. The minimum atomic E-state index is 0.846. The Morgan fingerprint density at radius 3 is 2.38 bits per heavy atom. The molecule has 2 heteroatoms. The molecule has 2 nitrogen and oxygen atoms in total. The topological polar surface area (TPSA) is 15.3 Å². The first-order valence-corrected chi connectivity index (χ1v) is 7.06. The number of nitrogens with zero attached hydrogens (tertiary/aromatic N) is 1. The molecule has 0 radical (unpaired) electrons. The van der Waals surface area contributed by atoms with E-state index in [1.54, 1.807) is 0 Å². The summed E-state index contributed by atoms with van der Waals surface area (Å²) in [6, 6.07) is 0. The van der Waals surface area contributed by atoms with E-state index in [0.717, 1.165) is 12.5 Å². The molecular weight excluding hydrogens is 196 g/mol. The summed E-state index contributed by atoms with van der Waals surface area (Å²) in [6.45, 7) is 11.6. The lowest BCUT2D eigenvalue weighted by Gasteiger charge is -2.16. The van der Waals surface area contributed by atoms with Gasteiger partial charge >= 0.3 is 0 Å². The summed E-state index contributed by atoms with van der Waals surface area (Å²) >= 11 is 0. The highest BCUT2D eigenvalue weighted by atomic mass is 15.1. The highest BCUT2D eigenvalue weighted by Crippen LogP contribution is 2.01. The van der Waals surface area contributed by atoms with E-state index in [1.165, 1.54) is 51.7 Å². The minimum absolute atomic E-state index is 0.846. The van der Waals surface area contributed by atoms with Crippen LogP contribution in [-0.4, -0.2) is 38.1 Å². The molecule has 0 saturated heterocycles. The fraction of sp³-hybridized carbons (Fsp3) is 1.00. The van der Waals surface area contributed by atoms with Crippen molar-refractivity contribution in [2.75, 3.05) is 33.2 Å². The number of nitrogens with one attached hydrogen (secondary N) is 1. The van der Waals surface area contributed by atoms with Gasteiger partial charge < -0.3 is 10.2 Å². The molecule has 0 heterocycles. The largest absolute Gasteiger partial charge is 0.315 e. The Bertz CT molecular complexity index is 135. The van der Waals surface area contributed by atoms with Crippen molar-refractivity contribution in [1.82, 2.24) is 10.2 Å². The lowest BCUT2D eigenvalue weighted by atomic mass is 10.1. The van der Waals surface area contributed by atoms with Gasteiger partial charge in [-0.25, -0.2) is 0 Å². The molecule has 0 aromatic rings. The molecule has 0 rings (SSSR count). The summed E-state index contributed by atoms with van der Waals surface area (Å²) < 4.78 is 0. The van der Waals surface area contributed by atoms with Crippen LogP contribution in [0.3, 0.4) is 0 Å². The third-order valence-corrected chi connectivity index (χ3v) is 2.95. The van der Waals surface area contributed by atoms with Crippen LogP contribution in [0.15, 0.2) is 0 Å². The average Bonchev–Trinajstić information content (AvgIpc) is 2.23. The Balaban J connectivity index is 3.12. The normalized spacial score (nSPS) is 11.6. The van der Waals surface area contributed by atoms with Crippen molar-refractivity contribution in [2.24, 2.45) is 5.92 Å². The quantitative estimate of drug-likeness (QED) is 0.547. The standard InChI is InChI=1S/C14H32N2/c1-5-6-7-12-16(4)13-11-15-10-8-9-14(2)3/h14-15H,5-13H2,1-4H3. The van der Waals surface area contributed by atoms with Crippen LogP contribution in [-0.2, 0) is 0 Å². The van der Waals surface area contributed by atoms with E-state index >= 15 is 0 Å². The molecule has 0 spiro atoms. The van der Waals surface area contributed by atoms with Gasteiger partial charge in [0.15, 0.2) is 0 Å². The highest BCUT2D eigenvalue weighted by Gasteiger charge is 1.97. The summed E-state index contributed by atoms with van der Waals surface area (Å²) in [6.07, 6.45) is 6.70. The number of rotatable bonds is 11. The Morgan fingerprint density at radius 2 is 1.75 bits per heavy atom. The second kappa shape index (κ2) is 11.4. The Kier molecular flexibility index (Phi) is 11.3. The molecule has 98 valence electrons. The Labute approximate surface area is 103 Å². The summed E-state index contributed by atoms with van der Waals surface area (Å²) in [5.74, 6) is 0.846.